The first-order chi connectivity index (χ1) is 6.42. The molecule has 0 aromatic rings. The zero-order valence-corrected chi connectivity index (χ0v) is 8.34. The zero-order valence-electron chi connectivity index (χ0n) is 8.34. The van der Waals surface area contributed by atoms with E-state index in [1.165, 1.54) is 51.6 Å². The Bertz CT molecular complexity index is 177. The maximum absolute atomic E-state index is 3.75. The van der Waals surface area contributed by atoms with Crippen LogP contribution in [0.25, 0.3) is 0 Å². The summed E-state index contributed by atoms with van der Waals surface area (Å²) in [6.07, 6.45) is 8.60. The largest absolute Gasteiger partial charge is 0.311 e. The van der Waals surface area contributed by atoms with E-state index in [4.69, 9.17) is 0 Å². The van der Waals surface area contributed by atoms with Crippen LogP contribution < -0.4 is 5.32 Å². The average Bonchev–Trinajstić information content (AvgIpc) is 3.01. The van der Waals surface area contributed by atoms with E-state index in [9.17, 15) is 0 Å². The highest BCUT2D eigenvalue weighted by atomic mass is 15.2. The van der Waals surface area contributed by atoms with Crippen LogP contribution in [0, 0.1) is 0 Å². The minimum absolute atomic E-state index is 0.850. The third-order valence-electron chi connectivity index (χ3n) is 3.64. The van der Waals surface area contributed by atoms with Gasteiger partial charge in [0.25, 0.3) is 0 Å². The Morgan fingerprint density at radius 1 is 0.769 bits per heavy atom. The van der Waals surface area contributed by atoms with E-state index in [-0.39, 0.29) is 0 Å². The lowest BCUT2D eigenvalue weighted by Crippen LogP contribution is -2.43. The van der Waals surface area contributed by atoms with Crippen LogP contribution >= 0.6 is 0 Å². The SMILES string of the molecule is C1CC1NC1CCN(C2CC2)CC1. The highest BCUT2D eigenvalue weighted by molar-refractivity contribution is 4.91. The molecular weight excluding hydrogens is 160 g/mol. The Labute approximate surface area is 80.7 Å². The molecule has 0 atom stereocenters. The number of hydrogen-bond acceptors (Lipinski definition) is 2. The van der Waals surface area contributed by atoms with Crippen LogP contribution in [0.1, 0.15) is 38.5 Å². The smallest absolute Gasteiger partial charge is 0.00964 e. The number of piperidine rings is 1. The molecular formula is C11H20N2. The highest BCUT2D eigenvalue weighted by Gasteiger charge is 2.33. The molecule has 2 nitrogen and oxygen atoms in total. The van der Waals surface area contributed by atoms with Crippen molar-refractivity contribution in [3.8, 4) is 0 Å². The van der Waals surface area contributed by atoms with E-state index >= 15 is 0 Å². The van der Waals surface area contributed by atoms with Crippen molar-refractivity contribution in [2.45, 2.75) is 56.7 Å². The van der Waals surface area contributed by atoms with Crippen LogP contribution in [-0.4, -0.2) is 36.1 Å². The topological polar surface area (TPSA) is 15.3 Å². The Kier molecular flexibility index (Phi) is 2.06. The predicted molar refractivity (Wildman–Crippen MR) is 53.8 cm³/mol. The van der Waals surface area contributed by atoms with Crippen molar-refractivity contribution in [2.75, 3.05) is 13.1 Å². The van der Waals surface area contributed by atoms with Gasteiger partial charge in [0, 0.05) is 18.1 Å². The normalized spacial score (nSPS) is 32.3. The zero-order chi connectivity index (χ0) is 8.67. The van der Waals surface area contributed by atoms with Crippen molar-refractivity contribution in [3.63, 3.8) is 0 Å². The second kappa shape index (κ2) is 3.25. The minimum Gasteiger partial charge on any atom is -0.311 e. The molecule has 1 heterocycles. The minimum atomic E-state index is 0.850. The number of nitrogens with one attached hydrogen (secondary N) is 1. The summed E-state index contributed by atoms with van der Waals surface area (Å²) in [4.78, 5) is 2.70. The maximum atomic E-state index is 3.75. The molecule has 3 fully saturated rings. The van der Waals surface area contributed by atoms with E-state index in [1.54, 1.807) is 0 Å². The molecule has 0 unspecified atom stereocenters. The summed E-state index contributed by atoms with van der Waals surface area (Å²) in [6.45, 7) is 2.71. The van der Waals surface area contributed by atoms with Gasteiger partial charge in [0.15, 0.2) is 0 Å². The molecule has 1 N–H and O–H groups in total. The standard InChI is InChI=1S/C11H20N2/c1-2-9(1)12-10-5-7-13(8-6-10)11-3-4-11/h9-12H,1-8H2. The second-order valence-electron chi connectivity index (χ2n) is 4.98. The molecule has 3 rings (SSSR count). The predicted octanol–water partition coefficient (Wildman–Crippen LogP) is 1.37. The Balaban J connectivity index is 1.43. The fraction of sp³-hybridized carbons (Fsp3) is 1.00. The quantitative estimate of drug-likeness (QED) is 0.705. The maximum Gasteiger partial charge on any atom is 0.00964 e. The van der Waals surface area contributed by atoms with Gasteiger partial charge >= 0.3 is 0 Å². The van der Waals surface area contributed by atoms with Gasteiger partial charge in [-0.1, -0.05) is 0 Å². The molecule has 0 spiro atoms. The molecule has 2 aliphatic carbocycles. The van der Waals surface area contributed by atoms with Gasteiger partial charge in [0.05, 0.1) is 0 Å². The van der Waals surface area contributed by atoms with E-state index in [2.05, 4.69) is 10.2 Å². The van der Waals surface area contributed by atoms with Gasteiger partial charge in [-0.05, 0) is 51.6 Å². The lowest BCUT2D eigenvalue weighted by Gasteiger charge is -2.32. The average molecular weight is 180 g/mol. The number of likely N-dealkylation sites (tertiary alicyclic amines) is 1. The fourth-order valence-electron chi connectivity index (χ4n) is 2.45. The molecule has 0 amide bonds. The van der Waals surface area contributed by atoms with Crippen LogP contribution in [0.4, 0.5) is 0 Å². The molecule has 13 heavy (non-hydrogen) atoms. The van der Waals surface area contributed by atoms with Crippen LogP contribution in [0.15, 0.2) is 0 Å². The third kappa shape index (κ3) is 2.05. The summed E-state index contributed by atoms with van der Waals surface area (Å²) in [7, 11) is 0. The van der Waals surface area contributed by atoms with Gasteiger partial charge < -0.3 is 10.2 Å². The number of hydrogen-bond donors (Lipinski definition) is 1. The van der Waals surface area contributed by atoms with E-state index in [1.807, 2.05) is 0 Å². The molecule has 1 saturated heterocycles. The molecule has 0 aromatic heterocycles. The number of nitrogens with zero attached hydrogens (tertiary/aromatic N) is 1. The van der Waals surface area contributed by atoms with E-state index < -0.39 is 0 Å². The Morgan fingerprint density at radius 2 is 1.38 bits per heavy atom. The van der Waals surface area contributed by atoms with E-state index in [0.29, 0.717) is 0 Å². The van der Waals surface area contributed by atoms with Gasteiger partial charge in [-0.3, -0.25) is 0 Å². The van der Waals surface area contributed by atoms with Crippen molar-refractivity contribution in [1.29, 1.82) is 0 Å². The monoisotopic (exact) mass is 180 g/mol. The lowest BCUT2D eigenvalue weighted by molar-refractivity contribution is 0.189. The van der Waals surface area contributed by atoms with Gasteiger partial charge in [-0.15, -0.1) is 0 Å². The summed E-state index contributed by atoms with van der Waals surface area (Å²) >= 11 is 0. The van der Waals surface area contributed by atoms with Crippen LogP contribution in [0.2, 0.25) is 0 Å². The van der Waals surface area contributed by atoms with Crippen molar-refractivity contribution < 1.29 is 0 Å². The summed E-state index contributed by atoms with van der Waals surface area (Å²) < 4.78 is 0. The van der Waals surface area contributed by atoms with Crippen LogP contribution in [0.5, 0.6) is 0 Å². The van der Waals surface area contributed by atoms with Crippen molar-refractivity contribution >= 4 is 0 Å². The van der Waals surface area contributed by atoms with Gasteiger partial charge in [-0.2, -0.15) is 0 Å². The summed E-state index contributed by atoms with van der Waals surface area (Å²) in [5, 5.41) is 3.75. The Hall–Kier alpha value is -0.0800. The Morgan fingerprint density at radius 3 is 1.92 bits per heavy atom. The molecule has 0 bridgehead atoms. The van der Waals surface area contributed by atoms with Gasteiger partial charge in [0.2, 0.25) is 0 Å². The second-order valence-corrected chi connectivity index (χ2v) is 4.98. The van der Waals surface area contributed by atoms with Crippen molar-refractivity contribution in [1.82, 2.24) is 10.2 Å². The summed E-state index contributed by atoms with van der Waals surface area (Å²) in [5.41, 5.74) is 0. The van der Waals surface area contributed by atoms with Gasteiger partial charge in [0.1, 0.15) is 0 Å². The van der Waals surface area contributed by atoms with Gasteiger partial charge in [-0.25, -0.2) is 0 Å². The molecule has 1 aliphatic heterocycles. The lowest BCUT2D eigenvalue weighted by atomic mass is 10.0. The third-order valence-corrected chi connectivity index (χ3v) is 3.64. The van der Waals surface area contributed by atoms with Crippen LogP contribution in [-0.2, 0) is 0 Å². The molecule has 0 aromatic carbocycles. The molecule has 2 saturated carbocycles. The first-order valence-electron chi connectivity index (χ1n) is 5.92. The molecule has 74 valence electrons. The van der Waals surface area contributed by atoms with Crippen molar-refractivity contribution in [2.24, 2.45) is 0 Å². The molecule has 3 aliphatic rings. The van der Waals surface area contributed by atoms with Crippen molar-refractivity contribution in [3.05, 3.63) is 0 Å². The summed E-state index contributed by atoms with van der Waals surface area (Å²) in [5.74, 6) is 0. The molecule has 2 heteroatoms. The first kappa shape index (κ1) is 8.25. The highest BCUT2D eigenvalue weighted by Crippen LogP contribution is 2.30. The first-order valence-corrected chi connectivity index (χ1v) is 5.92. The van der Waals surface area contributed by atoms with E-state index in [0.717, 1.165) is 18.1 Å². The van der Waals surface area contributed by atoms with Crippen LogP contribution in [0.3, 0.4) is 0 Å². The number of rotatable bonds is 3. The fourth-order valence-corrected chi connectivity index (χ4v) is 2.45. The summed E-state index contributed by atoms with van der Waals surface area (Å²) in [6, 6.07) is 2.74. The molecule has 0 radical (unpaired) electrons.